The number of phosphoric acid groups is 1. The molecule has 0 radical (unpaired) electrons. The summed E-state index contributed by atoms with van der Waals surface area (Å²) in [5.41, 5.74) is 0. The molecule has 1 rings (SSSR count). The Kier molecular flexibility index (Phi) is 32.3. The van der Waals surface area contributed by atoms with E-state index in [9.17, 15) is 54.8 Å². The molecule has 10 atom stereocenters. The van der Waals surface area contributed by atoms with Gasteiger partial charge >= 0.3 is 19.8 Å². The Hall–Kier alpha value is -2.53. The highest BCUT2D eigenvalue weighted by Gasteiger charge is 2.51. The minimum absolute atomic E-state index is 0.0171. The number of aliphatic hydroxyl groups excluding tert-OH is 7. The third-order valence-corrected chi connectivity index (χ3v) is 11.0. The van der Waals surface area contributed by atoms with Crippen LogP contribution in [0.15, 0.2) is 60.8 Å². The molecule has 15 nitrogen and oxygen atoms in total. The predicted octanol–water partition coefficient (Wildman–Crippen LogP) is 6.11. The van der Waals surface area contributed by atoms with Crippen LogP contribution in [0.25, 0.3) is 0 Å². The van der Waals surface area contributed by atoms with Crippen LogP contribution < -0.4 is 0 Å². The quantitative estimate of drug-likeness (QED) is 0.0155. The molecule has 16 heteroatoms. The van der Waals surface area contributed by atoms with E-state index in [0.717, 1.165) is 64.2 Å². The molecule has 0 aliphatic heterocycles. The van der Waals surface area contributed by atoms with Crippen LogP contribution in [0, 0.1) is 0 Å². The van der Waals surface area contributed by atoms with Gasteiger partial charge in [0.15, 0.2) is 6.10 Å². The van der Waals surface area contributed by atoms with Gasteiger partial charge in [0.05, 0.1) is 18.8 Å². The average Bonchev–Trinajstić information content (AvgIpc) is 3.23. The van der Waals surface area contributed by atoms with E-state index in [1.807, 2.05) is 12.2 Å². The van der Waals surface area contributed by atoms with Crippen LogP contribution in [0.3, 0.4) is 0 Å². The molecule has 0 saturated heterocycles. The van der Waals surface area contributed by atoms with Crippen molar-refractivity contribution >= 4 is 19.8 Å². The maximum absolute atomic E-state index is 12.8. The molecule has 0 heterocycles. The first-order valence-corrected chi connectivity index (χ1v) is 23.8. The molecule has 61 heavy (non-hydrogen) atoms. The largest absolute Gasteiger partial charge is 0.472 e. The van der Waals surface area contributed by atoms with Crippen molar-refractivity contribution in [2.24, 2.45) is 0 Å². The van der Waals surface area contributed by atoms with E-state index >= 15 is 0 Å². The first-order chi connectivity index (χ1) is 29.2. The lowest BCUT2D eigenvalue weighted by Gasteiger charge is -2.41. The lowest BCUT2D eigenvalue weighted by Crippen LogP contribution is -2.64. The van der Waals surface area contributed by atoms with Crippen LogP contribution >= 0.6 is 7.82 Å². The molecule has 1 fully saturated rings. The van der Waals surface area contributed by atoms with Crippen molar-refractivity contribution in [2.75, 3.05) is 13.2 Å². The Morgan fingerprint density at radius 3 is 1.69 bits per heavy atom. The van der Waals surface area contributed by atoms with E-state index in [0.29, 0.717) is 12.8 Å². The second kappa shape index (κ2) is 34.9. The Morgan fingerprint density at radius 1 is 0.574 bits per heavy atom. The number of aliphatic hydroxyl groups is 7. The van der Waals surface area contributed by atoms with Gasteiger partial charge < -0.3 is 50.1 Å². The van der Waals surface area contributed by atoms with Crippen molar-refractivity contribution in [1.82, 2.24) is 0 Å². The molecule has 8 N–H and O–H groups in total. The summed E-state index contributed by atoms with van der Waals surface area (Å²) >= 11 is 0. The Morgan fingerprint density at radius 2 is 1.08 bits per heavy atom. The van der Waals surface area contributed by atoms with Gasteiger partial charge in [-0.3, -0.25) is 18.6 Å². The zero-order valence-electron chi connectivity index (χ0n) is 36.4. The zero-order valence-corrected chi connectivity index (χ0v) is 37.3. The summed E-state index contributed by atoms with van der Waals surface area (Å²) in [7, 11) is -5.19. The molecule has 0 aromatic heterocycles. The summed E-state index contributed by atoms with van der Waals surface area (Å²) < 4.78 is 33.3. The van der Waals surface area contributed by atoms with Gasteiger partial charge in [-0.15, -0.1) is 0 Å². The van der Waals surface area contributed by atoms with Crippen LogP contribution in [0.5, 0.6) is 0 Å². The number of hydrogen-bond donors (Lipinski definition) is 8. The van der Waals surface area contributed by atoms with E-state index in [1.165, 1.54) is 19.3 Å². The Labute approximate surface area is 363 Å². The SMILES string of the molecule is CCC/C=C\C/C=C\CCCCCCCC(=O)O[C@H](COC(=O)CCCC(O)C(O)C/C=C\C/C=C\C/C=C\CCCCC)COP(=O)(O)OC1[C@H](O)[C@H](O)C(O)[C@H](O)[C@H]1O. The van der Waals surface area contributed by atoms with Crippen molar-refractivity contribution in [3.63, 3.8) is 0 Å². The van der Waals surface area contributed by atoms with Gasteiger partial charge in [0.1, 0.15) is 43.2 Å². The Bertz CT molecular complexity index is 1330. The molecule has 0 amide bonds. The zero-order chi connectivity index (χ0) is 45.3. The fourth-order valence-corrected chi connectivity index (χ4v) is 7.22. The van der Waals surface area contributed by atoms with Crippen molar-refractivity contribution in [3.8, 4) is 0 Å². The summed E-state index contributed by atoms with van der Waals surface area (Å²) in [4.78, 5) is 35.7. The molecular formula is C45H77O15P. The summed E-state index contributed by atoms with van der Waals surface area (Å²) in [6, 6.07) is 0. The second-order valence-electron chi connectivity index (χ2n) is 15.5. The molecule has 0 aromatic rings. The fraction of sp³-hybridized carbons (Fsp3) is 0.733. The summed E-state index contributed by atoms with van der Waals surface area (Å²) in [6.45, 7) is 2.92. The van der Waals surface area contributed by atoms with Gasteiger partial charge in [0.25, 0.3) is 0 Å². The van der Waals surface area contributed by atoms with Crippen molar-refractivity contribution in [2.45, 2.75) is 197 Å². The number of unbranched alkanes of at least 4 members (excludes halogenated alkanes) is 9. The smallest absolute Gasteiger partial charge is 0.462 e. The lowest BCUT2D eigenvalue weighted by atomic mass is 9.85. The van der Waals surface area contributed by atoms with E-state index in [2.05, 4.69) is 56.4 Å². The summed E-state index contributed by atoms with van der Waals surface area (Å²) in [5, 5.41) is 70.8. The standard InChI is InChI=1S/C45H77O15P/c1-3-5-7-9-11-13-15-17-19-21-23-25-27-31-39(49)59-35(34-58-61(55,56)60-45-43(53)41(51)40(50)42(52)44(45)54)33-57-38(48)32-28-30-37(47)36(46)29-26-24-22-20-18-16-14-12-10-8-6-4-2/h7,9,12-15,18,20,24,26,35-37,40-47,50-54H,3-6,8,10-11,16-17,19,21-23,25,27-34H2,1-2H3,(H,55,56)/b9-7-,14-12-,15-13-,20-18-,26-24-/t35-,36?,37?,40?,41-,42+,43-,44-,45?/m1/s1. The number of phosphoric ester groups is 1. The summed E-state index contributed by atoms with van der Waals surface area (Å²) in [6.07, 6.45) is 20.1. The molecule has 1 aliphatic rings. The molecule has 1 saturated carbocycles. The van der Waals surface area contributed by atoms with Crippen molar-refractivity contribution < 1.29 is 73.3 Å². The Balaban J connectivity index is 2.60. The molecule has 1 aliphatic carbocycles. The molecular weight excluding hydrogens is 811 g/mol. The van der Waals surface area contributed by atoms with Crippen LogP contribution in [0.2, 0.25) is 0 Å². The maximum Gasteiger partial charge on any atom is 0.472 e. The number of hydrogen-bond acceptors (Lipinski definition) is 14. The number of ether oxygens (including phenoxy) is 2. The molecule has 0 bridgehead atoms. The maximum atomic E-state index is 12.8. The third kappa shape index (κ3) is 27.3. The topological polar surface area (TPSA) is 250 Å². The van der Waals surface area contributed by atoms with Gasteiger partial charge in [-0.25, -0.2) is 4.57 Å². The highest BCUT2D eigenvalue weighted by atomic mass is 31.2. The van der Waals surface area contributed by atoms with Crippen LogP contribution in [-0.4, -0.2) is 121 Å². The van der Waals surface area contributed by atoms with E-state index in [4.69, 9.17) is 18.5 Å². The molecule has 5 unspecified atom stereocenters. The van der Waals surface area contributed by atoms with E-state index in [1.54, 1.807) is 6.08 Å². The number of esters is 2. The first kappa shape index (κ1) is 56.5. The number of carbonyl (C=O) groups is 2. The predicted molar refractivity (Wildman–Crippen MR) is 233 cm³/mol. The van der Waals surface area contributed by atoms with Crippen molar-refractivity contribution in [3.05, 3.63) is 60.8 Å². The third-order valence-electron chi connectivity index (χ3n) is 10.0. The average molecular weight is 889 g/mol. The number of rotatable bonds is 35. The lowest BCUT2D eigenvalue weighted by molar-refractivity contribution is -0.220. The van der Waals surface area contributed by atoms with Gasteiger partial charge in [-0.2, -0.15) is 0 Å². The van der Waals surface area contributed by atoms with Gasteiger partial charge in [0, 0.05) is 12.8 Å². The van der Waals surface area contributed by atoms with Gasteiger partial charge in [-0.05, 0) is 77.0 Å². The minimum Gasteiger partial charge on any atom is -0.462 e. The number of carbonyl (C=O) groups excluding carboxylic acids is 2. The monoisotopic (exact) mass is 889 g/mol. The first-order valence-electron chi connectivity index (χ1n) is 22.3. The molecule has 0 spiro atoms. The highest BCUT2D eigenvalue weighted by Crippen LogP contribution is 2.47. The van der Waals surface area contributed by atoms with Crippen LogP contribution in [-0.2, 0) is 32.7 Å². The molecule has 352 valence electrons. The van der Waals surface area contributed by atoms with Gasteiger partial charge in [-0.1, -0.05) is 113 Å². The van der Waals surface area contributed by atoms with Crippen molar-refractivity contribution in [1.29, 1.82) is 0 Å². The number of allylic oxidation sites excluding steroid dienone is 9. The fourth-order valence-electron chi connectivity index (χ4n) is 6.25. The van der Waals surface area contributed by atoms with E-state index < -0.39 is 87.9 Å². The highest BCUT2D eigenvalue weighted by molar-refractivity contribution is 7.47. The van der Waals surface area contributed by atoms with Crippen LogP contribution in [0.1, 0.15) is 142 Å². The minimum atomic E-state index is -5.19. The van der Waals surface area contributed by atoms with Crippen LogP contribution in [0.4, 0.5) is 0 Å². The normalized spacial score (nSPS) is 23.6. The summed E-state index contributed by atoms with van der Waals surface area (Å²) in [5.74, 6) is -1.41. The van der Waals surface area contributed by atoms with E-state index in [-0.39, 0.29) is 32.1 Å². The van der Waals surface area contributed by atoms with Gasteiger partial charge in [0.2, 0.25) is 0 Å². The molecule has 0 aromatic carbocycles. The second-order valence-corrected chi connectivity index (χ2v) is 16.9.